The first kappa shape index (κ1) is 18.3. The van der Waals surface area contributed by atoms with Gasteiger partial charge >= 0.3 is 6.18 Å². The number of rotatable bonds is 2. The van der Waals surface area contributed by atoms with Gasteiger partial charge in [0.1, 0.15) is 6.04 Å². The number of hydrogen-bond acceptors (Lipinski definition) is 4. The van der Waals surface area contributed by atoms with E-state index in [0.29, 0.717) is 6.54 Å². The van der Waals surface area contributed by atoms with E-state index in [-0.39, 0.29) is 11.7 Å². The van der Waals surface area contributed by atoms with Crippen molar-refractivity contribution in [1.82, 2.24) is 10.0 Å². The highest BCUT2D eigenvalue weighted by molar-refractivity contribution is 6.24. The van der Waals surface area contributed by atoms with Crippen LogP contribution in [-0.4, -0.2) is 41.0 Å². The maximum atomic E-state index is 13.3. The molecule has 8 heteroatoms. The Bertz CT molecular complexity index is 979. The molecule has 3 fully saturated rings. The van der Waals surface area contributed by atoms with Crippen LogP contribution in [0.3, 0.4) is 0 Å². The first-order chi connectivity index (χ1) is 13.9. The Labute approximate surface area is 165 Å². The zero-order valence-corrected chi connectivity index (χ0v) is 15.3. The normalized spacial score (nSPS) is 27.6. The van der Waals surface area contributed by atoms with E-state index in [1.165, 1.54) is 12.1 Å². The number of imide groups is 1. The van der Waals surface area contributed by atoms with Crippen molar-refractivity contribution in [2.75, 3.05) is 18.0 Å². The first-order valence-electron chi connectivity index (χ1n) is 9.51. The van der Waals surface area contributed by atoms with Crippen LogP contribution < -0.4 is 4.90 Å². The molecule has 29 heavy (non-hydrogen) atoms. The lowest BCUT2D eigenvalue weighted by atomic mass is 9.90. The van der Waals surface area contributed by atoms with Crippen molar-refractivity contribution >= 4 is 17.5 Å². The fourth-order valence-corrected chi connectivity index (χ4v) is 4.84. The lowest BCUT2D eigenvalue weighted by molar-refractivity contribution is -0.137. The minimum Gasteiger partial charge on any atom is -0.274 e. The molecule has 0 bridgehead atoms. The molecule has 0 N–H and O–H groups in total. The number of alkyl halides is 3. The molecule has 0 radical (unpaired) electrons. The highest BCUT2D eigenvalue weighted by Gasteiger charge is 2.62. The third-order valence-corrected chi connectivity index (χ3v) is 5.98. The topological polar surface area (TPSA) is 43.9 Å². The molecular formula is C21H18F3N3O2. The predicted molar refractivity (Wildman–Crippen MR) is 98.4 cm³/mol. The van der Waals surface area contributed by atoms with Crippen LogP contribution in [0.4, 0.5) is 18.9 Å². The fourth-order valence-electron chi connectivity index (χ4n) is 4.84. The highest BCUT2D eigenvalue weighted by Crippen LogP contribution is 2.49. The van der Waals surface area contributed by atoms with Crippen LogP contribution in [0.5, 0.6) is 0 Å². The van der Waals surface area contributed by atoms with E-state index in [1.807, 2.05) is 35.3 Å². The van der Waals surface area contributed by atoms with E-state index in [4.69, 9.17) is 0 Å². The summed E-state index contributed by atoms with van der Waals surface area (Å²) >= 11 is 0. The summed E-state index contributed by atoms with van der Waals surface area (Å²) in [5.41, 5.74) is 0.0239. The number of hydrazine groups is 1. The summed E-state index contributed by atoms with van der Waals surface area (Å²) < 4.78 is 39.4. The van der Waals surface area contributed by atoms with Gasteiger partial charge < -0.3 is 0 Å². The Hall–Kier alpha value is -2.71. The summed E-state index contributed by atoms with van der Waals surface area (Å²) in [6.45, 7) is 1.40. The number of fused-ring (bicyclic) bond motifs is 3. The minimum absolute atomic E-state index is 0.0261. The minimum atomic E-state index is -4.55. The van der Waals surface area contributed by atoms with E-state index in [2.05, 4.69) is 5.01 Å². The van der Waals surface area contributed by atoms with E-state index in [9.17, 15) is 22.8 Å². The monoisotopic (exact) mass is 401 g/mol. The molecule has 0 aliphatic carbocycles. The maximum Gasteiger partial charge on any atom is 0.416 e. The molecule has 3 aliphatic rings. The molecule has 3 saturated heterocycles. The Morgan fingerprint density at radius 1 is 0.828 bits per heavy atom. The second kappa shape index (κ2) is 6.40. The molecule has 0 unspecified atom stereocenters. The summed E-state index contributed by atoms with van der Waals surface area (Å²) in [6.07, 6.45) is -3.67. The van der Waals surface area contributed by atoms with Crippen LogP contribution in [0.1, 0.15) is 23.6 Å². The van der Waals surface area contributed by atoms with Crippen molar-refractivity contribution in [2.24, 2.45) is 5.92 Å². The molecule has 3 atom stereocenters. The van der Waals surface area contributed by atoms with Crippen LogP contribution in [0, 0.1) is 5.92 Å². The molecule has 0 aromatic heterocycles. The SMILES string of the molecule is O=C1[C@H]2[C@@H](C(=O)N1c1cccc(C(F)(F)F)c1)N1CCCN1[C@@H]2c1ccccc1. The van der Waals surface area contributed by atoms with Gasteiger partial charge in [0.15, 0.2) is 0 Å². The standard InChI is InChI=1S/C21H18F3N3O2/c22-21(23,24)14-8-4-9-15(12-14)27-19(28)16-17(13-6-2-1-3-7-13)25-10-5-11-26(25)18(16)20(27)29/h1-4,6-9,12,16-18H,5,10-11H2/t16-,17-,18+/m1/s1. The van der Waals surface area contributed by atoms with Crippen molar-refractivity contribution in [3.05, 3.63) is 65.7 Å². The Balaban J connectivity index is 1.57. The lowest BCUT2D eigenvalue weighted by Crippen LogP contribution is -2.44. The zero-order valence-electron chi connectivity index (χ0n) is 15.3. The van der Waals surface area contributed by atoms with Gasteiger partial charge in [-0.05, 0) is 30.2 Å². The second-order valence-electron chi connectivity index (χ2n) is 7.57. The molecule has 0 spiro atoms. The number of anilines is 1. The van der Waals surface area contributed by atoms with Gasteiger partial charge in [0, 0.05) is 13.1 Å². The van der Waals surface area contributed by atoms with Crippen molar-refractivity contribution in [3.63, 3.8) is 0 Å². The fraction of sp³-hybridized carbons (Fsp3) is 0.333. The Morgan fingerprint density at radius 2 is 1.52 bits per heavy atom. The quantitative estimate of drug-likeness (QED) is 0.725. The molecule has 5 rings (SSSR count). The van der Waals surface area contributed by atoms with Gasteiger partial charge in [-0.2, -0.15) is 13.2 Å². The van der Waals surface area contributed by atoms with E-state index < -0.39 is 35.5 Å². The molecule has 3 heterocycles. The average Bonchev–Trinajstić information content (AvgIpc) is 3.34. The molecule has 2 aromatic rings. The third kappa shape index (κ3) is 2.70. The molecular weight excluding hydrogens is 383 g/mol. The number of halogens is 3. The molecule has 2 aromatic carbocycles. The van der Waals surface area contributed by atoms with Crippen LogP contribution in [0.15, 0.2) is 54.6 Å². The summed E-state index contributed by atoms with van der Waals surface area (Å²) in [7, 11) is 0. The number of amides is 2. The number of hydrogen-bond donors (Lipinski definition) is 0. The smallest absolute Gasteiger partial charge is 0.274 e. The molecule has 0 saturated carbocycles. The predicted octanol–water partition coefficient (Wildman–Crippen LogP) is 3.24. The van der Waals surface area contributed by atoms with Crippen LogP contribution in [-0.2, 0) is 15.8 Å². The maximum absolute atomic E-state index is 13.3. The number of carbonyl (C=O) groups is 2. The van der Waals surface area contributed by atoms with Crippen LogP contribution in [0.25, 0.3) is 0 Å². The molecule has 3 aliphatic heterocycles. The van der Waals surface area contributed by atoms with Gasteiger partial charge in [0.25, 0.3) is 5.91 Å². The van der Waals surface area contributed by atoms with E-state index in [0.717, 1.165) is 35.6 Å². The summed E-state index contributed by atoms with van der Waals surface area (Å²) in [5, 5.41) is 4.00. The number of nitrogens with zero attached hydrogens (tertiary/aromatic N) is 3. The Kier molecular flexibility index (Phi) is 4.04. The lowest BCUT2D eigenvalue weighted by Gasteiger charge is -2.29. The Morgan fingerprint density at radius 3 is 2.21 bits per heavy atom. The van der Waals surface area contributed by atoms with E-state index in [1.54, 1.807) is 0 Å². The molecule has 2 amide bonds. The number of carbonyl (C=O) groups excluding carboxylic acids is 2. The molecule has 150 valence electrons. The van der Waals surface area contributed by atoms with Gasteiger partial charge in [-0.1, -0.05) is 36.4 Å². The molecule has 5 nitrogen and oxygen atoms in total. The van der Waals surface area contributed by atoms with Crippen molar-refractivity contribution in [3.8, 4) is 0 Å². The highest BCUT2D eigenvalue weighted by atomic mass is 19.4. The second-order valence-corrected chi connectivity index (χ2v) is 7.57. The first-order valence-corrected chi connectivity index (χ1v) is 9.51. The van der Waals surface area contributed by atoms with E-state index >= 15 is 0 Å². The van der Waals surface area contributed by atoms with Crippen molar-refractivity contribution < 1.29 is 22.8 Å². The third-order valence-electron chi connectivity index (χ3n) is 5.98. The average molecular weight is 401 g/mol. The van der Waals surface area contributed by atoms with Crippen molar-refractivity contribution in [1.29, 1.82) is 0 Å². The van der Waals surface area contributed by atoms with Gasteiger partial charge in [-0.15, -0.1) is 0 Å². The summed E-state index contributed by atoms with van der Waals surface area (Å²) in [5.74, 6) is -1.54. The largest absolute Gasteiger partial charge is 0.416 e. The summed E-state index contributed by atoms with van der Waals surface area (Å²) in [4.78, 5) is 27.5. The van der Waals surface area contributed by atoms with Gasteiger partial charge in [0.05, 0.1) is 23.2 Å². The van der Waals surface area contributed by atoms with Gasteiger partial charge in [-0.3, -0.25) is 9.59 Å². The van der Waals surface area contributed by atoms with Gasteiger partial charge in [0.2, 0.25) is 5.91 Å². The van der Waals surface area contributed by atoms with Crippen LogP contribution in [0.2, 0.25) is 0 Å². The number of benzene rings is 2. The summed E-state index contributed by atoms with van der Waals surface area (Å²) in [6, 6.07) is 12.9. The van der Waals surface area contributed by atoms with Crippen molar-refractivity contribution in [2.45, 2.75) is 24.7 Å². The van der Waals surface area contributed by atoms with Crippen LogP contribution >= 0.6 is 0 Å². The zero-order chi connectivity index (χ0) is 20.3. The van der Waals surface area contributed by atoms with Gasteiger partial charge in [-0.25, -0.2) is 14.9 Å².